The van der Waals surface area contributed by atoms with Crippen LogP contribution in [0, 0.1) is 5.92 Å². The molecule has 0 amide bonds. The molecule has 0 aliphatic heterocycles. The molecule has 0 aromatic carbocycles. The Morgan fingerprint density at radius 2 is 1.53 bits per heavy atom. The third-order valence-electron chi connectivity index (χ3n) is 2.66. The Hall–Kier alpha value is 0.353. The van der Waals surface area contributed by atoms with Crippen molar-refractivity contribution in [2.24, 2.45) is 5.92 Å². The van der Waals surface area contributed by atoms with Gasteiger partial charge in [-0.25, -0.2) is 0 Å². The minimum atomic E-state index is -0.602. The third kappa shape index (κ3) is 10.6. The van der Waals surface area contributed by atoms with Crippen LogP contribution in [0.3, 0.4) is 0 Å². The van der Waals surface area contributed by atoms with Gasteiger partial charge in [0, 0.05) is 0 Å². The van der Waals surface area contributed by atoms with Crippen LogP contribution < -0.4 is 0 Å². The SMILES string of the molecule is CCCCCCC(CCCC)C(=O)O.[BiH3]. The van der Waals surface area contributed by atoms with Gasteiger partial charge in [-0.3, -0.25) is 4.79 Å². The zero-order valence-corrected chi connectivity index (χ0v) is 15.8. The van der Waals surface area contributed by atoms with E-state index in [0.29, 0.717) is 0 Å². The molecule has 1 atom stereocenters. The molecule has 0 rings (SSSR count). The van der Waals surface area contributed by atoms with Crippen molar-refractivity contribution in [3.8, 4) is 0 Å². The molecule has 0 heterocycles. The summed E-state index contributed by atoms with van der Waals surface area (Å²) in [5.74, 6) is -0.693. The van der Waals surface area contributed by atoms with E-state index in [0.717, 1.165) is 32.1 Å². The van der Waals surface area contributed by atoms with Gasteiger partial charge in [-0.1, -0.05) is 52.4 Å². The van der Waals surface area contributed by atoms with Crippen LogP contribution in [0.4, 0.5) is 0 Å². The molecule has 1 N–H and O–H groups in total. The summed E-state index contributed by atoms with van der Waals surface area (Å²) < 4.78 is 0. The molecule has 0 fully saturated rings. The van der Waals surface area contributed by atoms with Gasteiger partial charge in [0.2, 0.25) is 0 Å². The van der Waals surface area contributed by atoms with Crippen molar-refractivity contribution in [3.63, 3.8) is 0 Å². The molecule has 3 heteroatoms. The first-order valence-corrected chi connectivity index (χ1v) is 5.95. The number of carboxylic acid groups (broad SMARTS) is 1. The predicted octanol–water partition coefficient (Wildman–Crippen LogP) is 2.66. The van der Waals surface area contributed by atoms with E-state index in [9.17, 15) is 4.79 Å². The van der Waals surface area contributed by atoms with Gasteiger partial charge in [0.1, 0.15) is 0 Å². The van der Waals surface area contributed by atoms with E-state index in [2.05, 4.69) is 13.8 Å². The number of rotatable bonds is 9. The average Bonchev–Trinajstić information content (AvgIpc) is 2.16. The Kier molecular flexibility index (Phi) is 14.7. The maximum atomic E-state index is 10.9. The van der Waals surface area contributed by atoms with Crippen LogP contribution in [-0.2, 0) is 4.79 Å². The van der Waals surface area contributed by atoms with Crippen molar-refractivity contribution in [1.82, 2.24) is 0 Å². The number of aliphatic carboxylic acids is 1. The van der Waals surface area contributed by atoms with Gasteiger partial charge in [0.15, 0.2) is 0 Å². The molecule has 0 aliphatic rings. The Bertz CT molecular complexity index is 149. The van der Waals surface area contributed by atoms with E-state index in [1.54, 1.807) is 0 Å². The van der Waals surface area contributed by atoms with E-state index in [-0.39, 0.29) is 32.1 Å². The standard InChI is InChI=1S/C12H24O2.Bi.3H/c1-3-5-7-8-10-11(12(13)14)9-6-4-2;;;;/h11H,3-10H2,1-2H3,(H,13,14);;;;. The molecule has 0 radical (unpaired) electrons. The normalized spacial score (nSPS) is 11.9. The number of hydrogen-bond donors (Lipinski definition) is 1. The van der Waals surface area contributed by atoms with Crippen molar-refractivity contribution in [2.75, 3.05) is 0 Å². The number of carbonyl (C=O) groups is 1. The Labute approximate surface area is 113 Å². The van der Waals surface area contributed by atoms with E-state index in [1.807, 2.05) is 0 Å². The molecule has 0 aromatic heterocycles. The summed E-state index contributed by atoms with van der Waals surface area (Å²) >= 11 is 0. The van der Waals surface area contributed by atoms with Crippen LogP contribution in [0.25, 0.3) is 0 Å². The van der Waals surface area contributed by atoms with Gasteiger partial charge >= 0.3 is 32.2 Å². The monoisotopic (exact) mass is 412 g/mol. The predicted molar refractivity (Wildman–Crippen MR) is 69.3 cm³/mol. The Morgan fingerprint density at radius 1 is 1.00 bits per heavy atom. The van der Waals surface area contributed by atoms with Gasteiger partial charge in [0.25, 0.3) is 0 Å². The maximum absolute atomic E-state index is 10.9. The summed E-state index contributed by atoms with van der Waals surface area (Å²) in [5, 5.41) is 8.96. The van der Waals surface area contributed by atoms with E-state index in [4.69, 9.17) is 5.11 Å². The second-order valence-corrected chi connectivity index (χ2v) is 4.03. The molecule has 1 unspecified atom stereocenters. The zero-order valence-electron chi connectivity index (χ0n) is 10.3. The average molecular weight is 412 g/mol. The molecule has 15 heavy (non-hydrogen) atoms. The zero-order chi connectivity index (χ0) is 10.8. The van der Waals surface area contributed by atoms with Crippen molar-refractivity contribution in [1.29, 1.82) is 0 Å². The van der Waals surface area contributed by atoms with Crippen LogP contribution in [0.2, 0.25) is 0 Å². The fourth-order valence-corrected chi connectivity index (χ4v) is 1.66. The van der Waals surface area contributed by atoms with Crippen LogP contribution in [0.5, 0.6) is 0 Å². The topological polar surface area (TPSA) is 37.3 Å². The molecule has 92 valence electrons. The van der Waals surface area contributed by atoms with Crippen LogP contribution in [0.15, 0.2) is 0 Å². The van der Waals surface area contributed by atoms with Crippen molar-refractivity contribution in [2.45, 2.75) is 65.2 Å². The summed E-state index contributed by atoms with van der Waals surface area (Å²) in [5.41, 5.74) is 0. The number of carboxylic acids is 1. The summed E-state index contributed by atoms with van der Waals surface area (Å²) in [6.45, 7) is 4.28. The molecule has 0 spiro atoms. The summed E-state index contributed by atoms with van der Waals surface area (Å²) in [7, 11) is 0. The first kappa shape index (κ1) is 17.7. The van der Waals surface area contributed by atoms with E-state index in [1.165, 1.54) is 19.3 Å². The summed E-state index contributed by atoms with van der Waals surface area (Å²) in [6, 6.07) is 0. The summed E-state index contributed by atoms with van der Waals surface area (Å²) in [6.07, 6.45) is 8.59. The second-order valence-electron chi connectivity index (χ2n) is 4.03. The van der Waals surface area contributed by atoms with Crippen molar-refractivity contribution >= 4 is 32.2 Å². The van der Waals surface area contributed by atoms with Gasteiger partial charge in [-0.2, -0.15) is 0 Å². The molecule has 0 aromatic rings. The minimum absolute atomic E-state index is 0. The van der Waals surface area contributed by atoms with Crippen LogP contribution in [-0.4, -0.2) is 37.3 Å². The molecule has 0 saturated heterocycles. The van der Waals surface area contributed by atoms with Crippen molar-refractivity contribution < 1.29 is 9.90 Å². The molecule has 0 aliphatic carbocycles. The molecule has 2 nitrogen and oxygen atoms in total. The van der Waals surface area contributed by atoms with E-state index < -0.39 is 5.97 Å². The first-order chi connectivity index (χ1) is 6.72. The number of hydrogen-bond acceptors (Lipinski definition) is 1. The molecular weight excluding hydrogens is 385 g/mol. The fourth-order valence-electron chi connectivity index (χ4n) is 1.66. The fraction of sp³-hybridized carbons (Fsp3) is 0.917. The third-order valence-corrected chi connectivity index (χ3v) is 2.66. The first-order valence-electron chi connectivity index (χ1n) is 5.95. The molecule has 0 saturated carbocycles. The molecular formula is C12H27BiO2. The number of unbranched alkanes of at least 4 members (excludes halogenated alkanes) is 4. The van der Waals surface area contributed by atoms with E-state index >= 15 is 0 Å². The Balaban J connectivity index is 0. The van der Waals surface area contributed by atoms with Gasteiger partial charge < -0.3 is 5.11 Å². The second kappa shape index (κ2) is 12.4. The van der Waals surface area contributed by atoms with Crippen molar-refractivity contribution in [3.05, 3.63) is 0 Å². The van der Waals surface area contributed by atoms with Gasteiger partial charge in [0.05, 0.1) is 5.92 Å². The summed E-state index contributed by atoms with van der Waals surface area (Å²) in [4.78, 5) is 10.9. The Morgan fingerprint density at radius 3 is 2.00 bits per heavy atom. The van der Waals surface area contributed by atoms with Crippen LogP contribution in [0.1, 0.15) is 65.2 Å². The van der Waals surface area contributed by atoms with Gasteiger partial charge in [-0.05, 0) is 12.8 Å². The quantitative estimate of drug-likeness (QED) is 0.467. The van der Waals surface area contributed by atoms with Crippen LogP contribution >= 0.6 is 0 Å². The van der Waals surface area contributed by atoms with Gasteiger partial charge in [-0.15, -0.1) is 0 Å². The molecule has 0 bridgehead atoms.